The van der Waals surface area contributed by atoms with Gasteiger partial charge in [-0.1, -0.05) is 17.7 Å². The molecule has 0 amide bonds. The molecule has 1 radical (unpaired) electrons. The lowest BCUT2D eigenvalue weighted by molar-refractivity contribution is 0.627. The van der Waals surface area contributed by atoms with Crippen LogP contribution < -0.4 is 0 Å². The third kappa shape index (κ3) is 1.71. The van der Waals surface area contributed by atoms with E-state index >= 15 is 0 Å². The quantitative estimate of drug-likeness (QED) is 0.604. The number of rotatable bonds is 1. The van der Waals surface area contributed by atoms with Crippen molar-refractivity contribution < 1.29 is 4.39 Å². The summed E-state index contributed by atoms with van der Waals surface area (Å²) in [5, 5.41) is 1.61. The molecule has 1 heterocycles. The highest BCUT2D eigenvalue weighted by atomic mass is 35.5. The molecule has 3 rings (SSSR count). The Balaban J connectivity index is 2.27. The molecular weight excluding hydrogens is 237 g/mol. The van der Waals surface area contributed by atoms with Crippen molar-refractivity contribution in [3.05, 3.63) is 65.6 Å². The molecule has 0 unspecified atom stereocenters. The fraction of sp³-hybridized carbons (Fsp3) is 0. The summed E-state index contributed by atoms with van der Waals surface area (Å²) in [4.78, 5) is 0. The van der Waals surface area contributed by atoms with Gasteiger partial charge < -0.3 is 4.57 Å². The Morgan fingerprint density at radius 1 is 1.12 bits per heavy atom. The van der Waals surface area contributed by atoms with Crippen molar-refractivity contribution in [2.24, 2.45) is 0 Å². The number of hydrogen-bond acceptors (Lipinski definition) is 0. The second-order valence-corrected chi connectivity index (χ2v) is 4.17. The molecule has 0 spiro atoms. The van der Waals surface area contributed by atoms with Gasteiger partial charge in [-0.3, -0.25) is 0 Å². The molecule has 0 aliphatic carbocycles. The minimum absolute atomic E-state index is 0.246. The Labute approximate surface area is 103 Å². The normalized spacial score (nSPS) is 10.9. The summed E-state index contributed by atoms with van der Waals surface area (Å²) in [7, 11) is 0. The summed E-state index contributed by atoms with van der Waals surface area (Å²) in [5.41, 5.74) is 1.87. The maximum atomic E-state index is 12.9. The number of halogens is 2. The van der Waals surface area contributed by atoms with Gasteiger partial charge in [-0.15, -0.1) is 0 Å². The van der Waals surface area contributed by atoms with Gasteiger partial charge in [0, 0.05) is 17.3 Å². The molecule has 3 heteroatoms. The average molecular weight is 245 g/mol. The van der Waals surface area contributed by atoms with Crippen LogP contribution in [0.15, 0.2) is 48.7 Å². The Kier molecular flexibility index (Phi) is 2.37. The number of nitrogens with zero attached hydrogens (tertiary/aromatic N) is 1. The zero-order valence-corrected chi connectivity index (χ0v) is 9.58. The summed E-state index contributed by atoms with van der Waals surface area (Å²) < 4.78 is 14.8. The van der Waals surface area contributed by atoms with Crippen molar-refractivity contribution in [3.63, 3.8) is 0 Å². The van der Waals surface area contributed by atoms with Crippen LogP contribution in [0.3, 0.4) is 0 Å². The Bertz CT molecular complexity index is 670. The van der Waals surface area contributed by atoms with Crippen LogP contribution in [0.5, 0.6) is 0 Å². The fourth-order valence-electron chi connectivity index (χ4n) is 1.89. The van der Waals surface area contributed by atoms with Gasteiger partial charge in [0.25, 0.3) is 0 Å². The van der Waals surface area contributed by atoms with E-state index in [1.807, 2.05) is 29.0 Å². The maximum absolute atomic E-state index is 12.9. The molecule has 0 aliphatic rings. The van der Waals surface area contributed by atoms with E-state index in [2.05, 4.69) is 6.07 Å². The van der Waals surface area contributed by atoms with Gasteiger partial charge in [0.05, 0.1) is 10.5 Å². The lowest BCUT2D eigenvalue weighted by Crippen LogP contribution is -1.91. The van der Waals surface area contributed by atoms with Gasteiger partial charge in [-0.25, -0.2) is 4.39 Å². The summed E-state index contributed by atoms with van der Waals surface area (Å²) in [6, 6.07) is 14.9. The zero-order chi connectivity index (χ0) is 11.8. The van der Waals surface area contributed by atoms with E-state index in [4.69, 9.17) is 11.6 Å². The first-order valence-electron chi connectivity index (χ1n) is 5.18. The van der Waals surface area contributed by atoms with Gasteiger partial charge in [-0.05, 0) is 42.5 Å². The fourth-order valence-corrected chi connectivity index (χ4v) is 2.14. The van der Waals surface area contributed by atoms with Gasteiger partial charge in [-0.2, -0.15) is 0 Å². The Morgan fingerprint density at radius 3 is 2.65 bits per heavy atom. The van der Waals surface area contributed by atoms with Crippen LogP contribution in [0.2, 0.25) is 5.02 Å². The maximum Gasteiger partial charge on any atom is 0.123 e. The van der Waals surface area contributed by atoms with E-state index in [0.29, 0.717) is 5.02 Å². The van der Waals surface area contributed by atoms with Crippen LogP contribution in [0.1, 0.15) is 0 Å². The van der Waals surface area contributed by atoms with E-state index < -0.39 is 0 Å². The predicted octanol–water partition coefficient (Wildman–Crippen LogP) is 4.22. The smallest absolute Gasteiger partial charge is 0.123 e. The molecule has 0 N–H and O–H groups in total. The van der Waals surface area contributed by atoms with Crippen LogP contribution in [-0.2, 0) is 0 Å². The van der Waals surface area contributed by atoms with Crippen molar-refractivity contribution in [3.8, 4) is 5.69 Å². The molecule has 0 bridgehead atoms. The topological polar surface area (TPSA) is 4.93 Å². The third-order valence-corrected chi connectivity index (χ3v) is 3.01. The molecule has 0 atom stereocenters. The van der Waals surface area contributed by atoms with Crippen molar-refractivity contribution in [2.45, 2.75) is 0 Å². The summed E-state index contributed by atoms with van der Waals surface area (Å²) >= 11 is 6.14. The molecule has 1 aromatic heterocycles. The first-order chi connectivity index (χ1) is 8.25. The van der Waals surface area contributed by atoms with Gasteiger partial charge in [0.2, 0.25) is 0 Å². The Hall–Kier alpha value is -1.80. The van der Waals surface area contributed by atoms with Gasteiger partial charge in [0.1, 0.15) is 5.82 Å². The minimum atomic E-state index is -0.246. The van der Waals surface area contributed by atoms with Crippen molar-refractivity contribution in [2.75, 3.05) is 0 Å². The first-order valence-corrected chi connectivity index (χ1v) is 5.56. The second kappa shape index (κ2) is 3.90. The molecule has 83 valence electrons. The van der Waals surface area contributed by atoms with E-state index in [1.54, 1.807) is 12.1 Å². The summed E-state index contributed by atoms with van der Waals surface area (Å²) in [6.45, 7) is 0. The lowest BCUT2D eigenvalue weighted by atomic mass is 10.2. The van der Waals surface area contributed by atoms with Gasteiger partial charge in [0.15, 0.2) is 0 Å². The highest BCUT2D eigenvalue weighted by molar-refractivity contribution is 6.35. The number of benzene rings is 2. The summed E-state index contributed by atoms with van der Waals surface area (Å²) in [6.07, 6.45) is 1.83. The van der Waals surface area contributed by atoms with Crippen LogP contribution in [0, 0.1) is 11.9 Å². The largest absolute Gasteiger partial charge is 0.315 e. The van der Waals surface area contributed by atoms with Crippen LogP contribution in [0.25, 0.3) is 16.6 Å². The molecule has 17 heavy (non-hydrogen) atoms. The number of aromatic nitrogens is 1. The van der Waals surface area contributed by atoms with Crippen LogP contribution >= 0.6 is 11.6 Å². The SMILES string of the molecule is Fc1ccc(-n2cc(Cl)c3c[c]ccc32)cc1. The molecule has 0 fully saturated rings. The van der Waals surface area contributed by atoms with E-state index in [9.17, 15) is 4.39 Å². The van der Waals surface area contributed by atoms with E-state index in [-0.39, 0.29) is 5.82 Å². The first kappa shape index (κ1) is 10.4. The molecule has 0 saturated heterocycles. The van der Waals surface area contributed by atoms with Crippen molar-refractivity contribution in [1.29, 1.82) is 0 Å². The second-order valence-electron chi connectivity index (χ2n) is 3.77. The minimum Gasteiger partial charge on any atom is -0.315 e. The lowest BCUT2D eigenvalue weighted by Gasteiger charge is -2.04. The third-order valence-electron chi connectivity index (χ3n) is 2.71. The van der Waals surface area contributed by atoms with Crippen LogP contribution in [0.4, 0.5) is 4.39 Å². The molecule has 3 aromatic rings. The van der Waals surface area contributed by atoms with Gasteiger partial charge >= 0.3 is 0 Å². The van der Waals surface area contributed by atoms with Crippen molar-refractivity contribution in [1.82, 2.24) is 4.57 Å². The monoisotopic (exact) mass is 244 g/mol. The van der Waals surface area contributed by atoms with E-state index in [1.165, 1.54) is 12.1 Å². The highest BCUT2D eigenvalue weighted by Crippen LogP contribution is 2.28. The van der Waals surface area contributed by atoms with E-state index in [0.717, 1.165) is 16.6 Å². The summed E-state index contributed by atoms with van der Waals surface area (Å²) in [5.74, 6) is -0.246. The average Bonchev–Trinajstić information content (AvgIpc) is 2.69. The highest BCUT2D eigenvalue weighted by Gasteiger charge is 2.07. The number of fused-ring (bicyclic) bond motifs is 1. The molecule has 2 aromatic carbocycles. The van der Waals surface area contributed by atoms with Crippen LogP contribution in [-0.4, -0.2) is 4.57 Å². The molecule has 0 aliphatic heterocycles. The van der Waals surface area contributed by atoms with Crippen molar-refractivity contribution >= 4 is 22.5 Å². The zero-order valence-electron chi connectivity index (χ0n) is 8.82. The Morgan fingerprint density at radius 2 is 1.88 bits per heavy atom. The molecule has 0 saturated carbocycles. The molecular formula is C14H8ClFN. The predicted molar refractivity (Wildman–Crippen MR) is 67.1 cm³/mol. The molecule has 1 nitrogen and oxygen atoms in total. The standard InChI is InChI=1S/C14H8ClFN/c15-13-9-17(11-7-5-10(16)6-8-11)14-4-2-1-3-12(13)14/h2-9H. The number of hydrogen-bond donors (Lipinski definition) is 0.